The fourth-order valence-electron chi connectivity index (χ4n) is 3.16. The average molecular weight is 421 g/mol. The van der Waals surface area contributed by atoms with Gasteiger partial charge in [-0.15, -0.1) is 0 Å². The van der Waals surface area contributed by atoms with E-state index in [9.17, 15) is 18.0 Å². The zero-order valence-electron chi connectivity index (χ0n) is 16.0. The van der Waals surface area contributed by atoms with E-state index in [4.69, 9.17) is 13.9 Å². The first kappa shape index (κ1) is 19.3. The lowest BCUT2D eigenvalue weighted by Gasteiger charge is -2.22. The Hall–Kier alpha value is -3.05. The van der Waals surface area contributed by atoms with E-state index in [2.05, 4.69) is 5.32 Å². The van der Waals surface area contributed by atoms with Crippen molar-refractivity contribution in [1.29, 1.82) is 0 Å². The summed E-state index contributed by atoms with van der Waals surface area (Å²) in [6.07, 6.45) is 0. The van der Waals surface area contributed by atoms with Crippen LogP contribution in [0.5, 0.6) is 11.5 Å². The number of nitrogens with one attached hydrogen (secondary N) is 1. The van der Waals surface area contributed by atoms with E-state index in [1.807, 2.05) is 0 Å². The molecule has 154 valence electrons. The number of rotatable bonds is 5. The Bertz CT molecular complexity index is 1110. The second-order valence-corrected chi connectivity index (χ2v) is 9.11. The van der Waals surface area contributed by atoms with Gasteiger partial charge in [0.1, 0.15) is 11.3 Å². The van der Waals surface area contributed by atoms with Gasteiger partial charge < -0.3 is 19.2 Å². The van der Waals surface area contributed by atoms with Crippen molar-refractivity contribution in [3.63, 3.8) is 0 Å². The lowest BCUT2D eigenvalue weighted by molar-refractivity contribution is -0.131. The predicted octanol–water partition coefficient (Wildman–Crippen LogP) is 1.23. The topological polar surface area (TPSA) is 118 Å². The number of fused-ring (bicyclic) bond motifs is 1. The molecule has 2 aromatic rings. The van der Waals surface area contributed by atoms with E-state index in [0.717, 1.165) is 9.21 Å². The van der Waals surface area contributed by atoms with Crippen molar-refractivity contribution in [1.82, 2.24) is 14.5 Å². The molecule has 0 radical (unpaired) electrons. The number of amides is 3. The summed E-state index contributed by atoms with van der Waals surface area (Å²) in [5, 5.41) is 2.43. The average Bonchev–Trinajstić information content (AvgIpc) is 3.37. The molecule has 0 spiro atoms. The van der Waals surface area contributed by atoms with E-state index in [-0.39, 0.29) is 24.2 Å². The summed E-state index contributed by atoms with van der Waals surface area (Å²) in [5.41, 5.74) is -0.763. The summed E-state index contributed by atoms with van der Waals surface area (Å²) < 4.78 is 41.3. The first-order chi connectivity index (χ1) is 13.6. The highest BCUT2D eigenvalue weighted by atomic mass is 32.2. The second-order valence-electron chi connectivity index (χ2n) is 7.02. The fraction of sp³-hybridized carbons (Fsp3) is 0.333. The third-order valence-corrected chi connectivity index (χ3v) is 6.60. The highest BCUT2D eigenvalue weighted by molar-refractivity contribution is 7.88. The second kappa shape index (κ2) is 6.49. The molecule has 1 saturated heterocycles. The molecule has 3 amide bonds. The number of imide groups is 1. The summed E-state index contributed by atoms with van der Waals surface area (Å²) >= 11 is 0. The maximum Gasteiger partial charge on any atom is 0.325 e. The summed E-state index contributed by atoms with van der Waals surface area (Å²) in [4.78, 5) is 26.5. The molecular formula is C18H19N3O7S. The van der Waals surface area contributed by atoms with Crippen molar-refractivity contribution in [3.05, 3.63) is 41.7 Å². The van der Waals surface area contributed by atoms with Crippen LogP contribution in [0.1, 0.15) is 18.2 Å². The number of carbonyl (C=O) groups excluding carboxylic acids is 2. The molecule has 0 bridgehead atoms. The summed E-state index contributed by atoms with van der Waals surface area (Å²) in [5.74, 6) is 0.739. The van der Waals surface area contributed by atoms with Gasteiger partial charge in [-0.2, -0.15) is 0 Å². The fourth-order valence-corrected chi connectivity index (χ4v) is 3.97. The maximum absolute atomic E-state index is 13.1. The largest absolute Gasteiger partial charge is 0.454 e. The van der Waals surface area contributed by atoms with Crippen LogP contribution in [0.3, 0.4) is 0 Å². The number of urea groups is 1. The standard InChI is InChI=1S/C18H19N3O7S/c1-18(11-4-6-13-14(8-11)27-10-26-13)16(22)21(17(23)19-18)9-12-5-7-15(28-12)29(24,25)20(2)3/h4-8H,9-10H2,1-3H3,(H,19,23)/t18-/m1/s1. The normalized spacial score (nSPS) is 21.2. The van der Waals surface area contributed by atoms with Crippen molar-refractivity contribution in [2.45, 2.75) is 24.1 Å². The van der Waals surface area contributed by atoms with Crippen molar-refractivity contribution in [2.24, 2.45) is 0 Å². The maximum atomic E-state index is 13.1. The molecule has 1 N–H and O–H groups in total. The minimum absolute atomic E-state index is 0.0958. The van der Waals surface area contributed by atoms with E-state index in [1.54, 1.807) is 25.1 Å². The smallest absolute Gasteiger partial charge is 0.325 e. The van der Waals surface area contributed by atoms with Crippen LogP contribution >= 0.6 is 0 Å². The third kappa shape index (κ3) is 3.02. The monoisotopic (exact) mass is 421 g/mol. The van der Waals surface area contributed by atoms with Gasteiger partial charge in [0.25, 0.3) is 15.9 Å². The Balaban J connectivity index is 1.58. The highest BCUT2D eigenvalue weighted by Crippen LogP contribution is 2.38. The van der Waals surface area contributed by atoms with Crippen LogP contribution in [-0.4, -0.2) is 50.4 Å². The van der Waals surface area contributed by atoms with E-state index in [1.165, 1.54) is 26.2 Å². The van der Waals surface area contributed by atoms with Crippen LogP contribution in [-0.2, 0) is 26.9 Å². The predicted molar refractivity (Wildman–Crippen MR) is 98.6 cm³/mol. The van der Waals surface area contributed by atoms with Crippen LogP contribution in [0.2, 0.25) is 0 Å². The minimum atomic E-state index is -3.75. The van der Waals surface area contributed by atoms with Crippen LogP contribution < -0.4 is 14.8 Å². The molecule has 29 heavy (non-hydrogen) atoms. The Kier molecular flexibility index (Phi) is 4.32. The first-order valence-corrected chi connectivity index (χ1v) is 10.1. The van der Waals surface area contributed by atoms with Gasteiger partial charge in [0.15, 0.2) is 11.5 Å². The Labute approximate surface area is 167 Å². The first-order valence-electron chi connectivity index (χ1n) is 8.68. The van der Waals surface area contributed by atoms with Crippen LogP contribution in [0.25, 0.3) is 0 Å². The van der Waals surface area contributed by atoms with Gasteiger partial charge in [0.2, 0.25) is 11.9 Å². The number of nitrogens with zero attached hydrogens (tertiary/aromatic N) is 2. The number of hydrogen-bond donors (Lipinski definition) is 1. The van der Waals surface area contributed by atoms with Gasteiger partial charge in [-0.3, -0.25) is 9.69 Å². The number of sulfonamides is 1. The Morgan fingerprint density at radius 3 is 2.59 bits per heavy atom. The Morgan fingerprint density at radius 1 is 1.14 bits per heavy atom. The molecule has 1 aromatic carbocycles. The summed E-state index contributed by atoms with van der Waals surface area (Å²) in [7, 11) is -0.990. The molecule has 11 heteroatoms. The van der Waals surface area contributed by atoms with Gasteiger partial charge in [-0.25, -0.2) is 17.5 Å². The zero-order chi connectivity index (χ0) is 21.0. The zero-order valence-corrected chi connectivity index (χ0v) is 16.8. The minimum Gasteiger partial charge on any atom is -0.454 e. The van der Waals surface area contributed by atoms with Gasteiger partial charge in [0.05, 0.1) is 6.54 Å². The summed E-state index contributed by atoms with van der Waals surface area (Å²) in [6, 6.07) is 7.12. The van der Waals surface area contributed by atoms with Gasteiger partial charge in [-0.05, 0) is 36.8 Å². The van der Waals surface area contributed by atoms with Gasteiger partial charge in [-0.1, -0.05) is 6.07 Å². The molecule has 2 aliphatic heterocycles. The van der Waals surface area contributed by atoms with Gasteiger partial charge >= 0.3 is 6.03 Å². The van der Waals surface area contributed by atoms with Crippen molar-refractivity contribution >= 4 is 22.0 Å². The molecule has 2 aliphatic rings. The van der Waals surface area contributed by atoms with E-state index < -0.39 is 27.5 Å². The number of hydrogen-bond acceptors (Lipinski definition) is 7. The SMILES string of the molecule is CN(C)S(=O)(=O)c1ccc(CN2C(=O)N[C@](C)(c3ccc4c(c3)OCO4)C2=O)o1. The molecule has 4 rings (SSSR count). The van der Waals surface area contributed by atoms with Crippen LogP contribution in [0, 0.1) is 0 Å². The summed E-state index contributed by atoms with van der Waals surface area (Å²) in [6.45, 7) is 1.49. The van der Waals surface area contributed by atoms with E-state index in [0.29, 0.717) is 17.1 Å². The molecule has 0 aliphatic carbocycles. The molecule has 1 aromatic heterocycles. The molecule has 0 saturated carbocycles. The highest BCUT2D eigenvalue weighted by Gasteiger charge is 2.49. The number of ether oxygens (including phenoxy) is 2. The van der Waals surface area contributed by atoms with Crippen molar-refractivity contribution in [2.75, 3.05) is 20.9 Å². The van der Waals surface area contributed by atoms with Gasteiger partial charge in [0, 0.05) is 14.1 Å². The molecule has 1 fully saturated rings. The van der Waals surface area contributed by atoms with Crippen molar-refractivity contribution < 1.29 is 31.9 Å². The lowest BCUT2D eigenvalue weighted by atomic mass is 9.91. The van der Waals surface area contributed by atoms with E-state index >= 15 is 0 Å². The van der Waals surface area contributed by atoms with Crippen LogP contribution in [0.4, 0.5) is 4.79 Å². The molecule has 0 unspecified atom stereocenters. The third-order valence-electron chi connectivity index (χ3n) is 4.91. The number of furan rings is 1. The number of carbonyl (C=O) groups is 2. The lowest BCUT2D eigenvalue weighted by Crippen LogP contribution is -2.40. The Morgan fingerprint density at radius 2 is 1.86 bits per heavy atom. The quantitative estimate of drug-likeness (QED) is 0.721. The number of benzene rings is 1. The van der Waals surface area contributed by atoms with Crippen molar-refractivity contribution in [3.8, 4) is 11.5 Å². The molecule has 10 nitrogen and oxygen atoms in total. The molecule has 1 atom stereocenters. The molecular weight excluding hydrogens is 402 g/mol. The molecule has 3 heterocycles. The van der Waals surface area contributed by atoms with Crippen LogP contribution in [0.15, 0.2) is 39.8 Å².